The molecule has 118 valence electrons. The van der Waals surface area contributed by atoms with Crippen LogP contribution in [0.15, 0.2) is 35.2 Å². The number of nitrogens with one attached hydrogen (secondary N) is 2. The summed E-state index contributed by atoms with van der Waals surface area (Å²) >= 11 is 0. The highest BCUT2D eigenvalue weighted by molar-refractivity contribution is 6.39. The first-order valence-corrected chi connectivity index (χ1v) is 6.76. The second-order valence-corrected chi connectivity index (χ2v) is 5.07. The minimum absolute atomic E-state index is 0.0381. The molecule has 2 aromatic heterocycles. The smallest absolute Gasteiger partial charge is 0.314 e. The summed E-state index contributed by atoms with van der Waals surface area (Å²) in [6, 6.07) is 5.33. The summed E-state index contributed by atoms with van der Waals surface area (Å²) in [5, 5.41) is 8.49. The van der Waals surface area contributed by atoms with Gasteiger partial charge in [0.2, 0.25) is 0 Å². The number of hydrogen-bond donors (Lipinski definition) is 2. The molecule has 2 aromatic rings. The van der Waals surface area contributed by atoms with E-state index in [1.807, 2.05) is 48.9 Å². The molecule has 22 heavy (non-hydrogen) atoms. The summed E-state index contributed by atoms with van der Waals surface area (Å²) in [7, 11) is 5.77. The summed E-state index contributed by atoms with van der Waals surface area (Å²) in [5.74, 6) is -1.30. The van der Waals surface area contributed by atoms with Crippen LogP contribution in [0, 0.1) is 0 Å². The van der Waals surface area contributed by atoms with E-state index in [2.05, 4.69) is 20.3 Å². The highest BCUT2D eigenvalue weighted by Gasteiger charge is 2.20. The van der Waals surface area contributed by atoms with Crippen LogP contribution in [-0.2, 0) is 16.6 Å². The number of rotatable bonds is 5. The maximum atomic E-state index is 11.8. The van der Waals surface area contributed by atoms with Gasteiger partial charge in [-0.2, -0.15) is 0 Å². The van der Waals surface area contributed by atoms with Gasteiger partial charge < -0.3 is 14.4 Å². The Morgan fingerprint density at radius 2 is 2.14 bits per heavy atom. The predicted octanol–water partition coefficient (Wildman–Crippen LogP) is 0.371. The number of amides is 2. The molecule has 8 nitrogen and oxygen atoms in total. The fourth-order valence-electron chi connectivity index (χ4n) is 2.09. The zero-order valence-electron chi connectivity index (χ0n) is 12.7. The van der Waals surface area contributed by atoms with E-state index in [1.165, 1.54) is 12.3 Å². The molecule has 0 aliphatic carbocycles. The monoisotopic (exact) mass is 305 g/mol. The van der Waals surface area contributed by atoms with E-state index in [9.17, 15) is 9.59 Å². The second kappa shape index (κ2) is 6.90. The molecule has 1 atom stereocenters. The quantitative estimate of drug-likeness (QED) is 0.779. The number of likely N-dealkylation sites (N-methyl/N-ethyl adjacent to an activating group) is 1. The van der Waals surface area contributed by atoms with Crippen LogP contribution in [0.3, 0.4) is 0 Å². The largest absolute Gasteiger partial charge is 0.363 e. The Balaban J connectivity index is 1.93. The Hall–Kier alpha value is -2.61. The Kier molecular flexibility index (Phi) is 4.95. The van der Waals surface area contributed by atoms with E-state index < -0.39 is 11.8 Å². The lowest BCUT2D eigenvalue weighted by Gasteiger charge is -2.25. The molecule has 0 fully saturated rings. The first-order valence-electron chi connectivity index (χ1n) is 6.76. The number of anilines is 1. The second-order valence-electron chi connectivity index (χ2n) is 5.07. The van der Waals surface area contributed by atoms with Gasteiger partial charge in [-0.15, -0.1) is 0 Å². The summed E-state index contributed by atoms with van der Waals surface area (Å²) in [6.45, 7) is 0.315. The van der Waals surface area contributed by atoms with E-state index in [1.54, 1.807) is 0 Å². The molecule has 2 N–H and O–H groups in total. The summed E-state index contributed by atoms with van der Waals surface area (Å²) in [4.78, 5) is 25.5. The topological polar surface area (TPSA) is 92.4 Å². The fourth-order valence-corrected chi connectivity index (χ4v) is 2.09. The van der Waals surface area contributed by atoms with Gasteiger partial charge in [-0.3, -0.25) is 19.8 Å². The van der Waals surface area contributed by atoms with Crippen molar-refractivity contribution in [3.05, 3.63) is 36.4 Å². The molecule has 0 aliphatic heterocycles. The van der Waals surface area contributed by atoms with Crippen molar-refractivity contribution in [3.63, 3.8) is 0 Å². The van der Waals surface area contributed by atoms with Crippen LogP contribution < -0.4 is 10.6 Å². The number of aromatic nitrogens is 2. The van der Waals surface area contributed by atoms with Gasteiger partial charge >= 0.3 is 11.8 Å². The fraction of sp³-hybridized carbons (Fsp3) is 0.357. The molecular weight excluding hydrogens is 286 g/mol. The van der Waals surface area contributed by atoms with Crippen molar-refractivity contribution < 1.29 is 14.1 Å². The minimum Gasteiger partial charge on any atom is -0.363 e. The third kappa shape index (κ3) is 3.73. The van der Waals surface area contributed by atoms with E-state index in [-0.39, 0.29) is 11.9 Å². The first-order chi connectivity index (χ1) is 10.5. The van der Waals surface area contributed by atoms with Gasteiger partial charge in [0.1, 0.15) is 6.26 Å². The van der Waals surface area contributed by atoms with Gasteiger partial charge in [0.15, 0.2) is 5.82 Å². The van der Waals surface area contributed by atoms with Gasteiger partial charge in [0, 0.05) is 31.5 Å². The van der Waals surface area contributed by atoms with Crippen molar-refractivity contribution >= 4 is 17.6 Å². The van der Waals surface area contributed by atoms with E-state index in [0.717, 1.165) is 5.69 Å². The molecule has 0 bridgehead atoms. The summed E-state index contributed by atoms with van der Waals surface area (Å²) < 4.78 is 6.56. The average Bonchev–Trinajstić information content (AvgIpc) is 3.11. The first kappa shape index (κ1) is 15.8. The van der Waals surface area contributed by atoms with Crippen LogP contribution in [0.1, 0.15) is 11.7 Å². The Morgan fingerprint density at radius 1 is 1.36 bits per heavy atom. The van der Waals surface area contributed by atoms with E-state index >= 15 is 0 Å². The van der Waals surface area contributed by atoms with Gasteiger partial charge in [0.05, 0.1) is 6.04 Å². The predicted molar refractivity (Wildman–Crippen MR) is 80.0 cm³/mol. The number of hydrogen-bond acceptors (Lipinski definition) is 5. The van der Waals surface area contributed by atoms with Crippen LogP contribution in [0.25, 0.3) is 0 Å². The lowest BCUT2D eigenvalue weighted by atomic mass is 10.2. The van der Waals surface area contributed by atoms with E-state index in [4.69, 9.17) is 0 Å². The summed E-state index contributed by atoms with van der Waals surface area (Å²) in [6.07, 6.45) is 3.25. The molecule has 2 heterocycles. The van der Waals surface area contributed by atoms with Crippen LogP contribution in [0.2, 0.25) is 0 Å². The third-order valence-electron chi connectivity index (χ3n) is 3.29. The molecule has 0 radical (unpaired) electrons. The van der Waals surface area contributed by atoms with Gasteiger partial charge in [-0.1, -0.05) is 5.16 Å². The highest BCUT2D eigenvalue weighted by atomic mass is 16.5. The molecule has 2 amide bonds. The standard InChI is InChI=1S/C14H19N5O3/c1-18(2)11(10-5-4-7-19(10)3)9-15-13(20)14(21)16-12-6-8-22-17-12/h4-8,11H,9H2,1-3H3,(H,15,20)(H,16,17,21). The molecule has 0 aliphatic rings. The summed E-state index contributed by atoms with van der Waals surface area (Å²) in [5.41, 5.74) is 1.04. The molecule has 0 saturated heterocycles. The molecule has 8 heteroatoms. The van der Waals surface area contributed by atoms with Crippen LogP contribution in [0.5, 0.6) is 0 Å². The number of carbonyl (C=O) groups excluding carboxylic acids is 2. The minimum atomic E-state index is -0.779. The maximum absolute atomic E-state index is 11.8. The highest BCUT2D eigenvalue weighted by Crippen LogP contribution is 2.17. The van der Waals surface area contributed by atoms with Crippen molar-refractivity contribution in [1.29, 1.82) is 0 Å². The van der Waals surface area contributed by atoms with Crippen molar-refractivity contribution in [2.45, 2.75) is 6.04 Å². The zero-order valence-corrected chi connectivity index (χ0v) is 12.7. The molecule has 2 rings (SSSR count). The number of aryl methyl sites for hydroxylation is 1. The van der Waals surface area contributed by atoms with Crippen molar-refractivity contribution in [3.8, 4) is 0 Å². The van der Waals surface area contributed by atoms with Gasteiger partial charge in [-0.05, 0) is 26.2 Å². The van der Waals surface area contributed by atoms with Crippen molar-refractivity contribution in [2.24, 2.45) is 7.05 Å². The van der Waals surface area contributed by atoms with Crippen LogP contribution in [-0.4, -0.2) is 47.1 Å². The van der Waals surface area contributed by atoms with Gasteiger partial charge in [-0.25, -0.2) is 0 Å². The number of nitrogens with zero attached hydrogens (tertiary/aromatic N) is 3. The Labute approximate surface area is 128 Å². The maximum Gasteiger partial charge on any atom is 0.314 e. The normalized spacial score (nSPS) is 12.2. The zero-order chi connectivity index (χ0) is 16.1. The number of carbonyl (C=O) groups is 2. The van der Waals surface area contributed by atoms with Crippen LogP contribution in [0.4, 0.5) is 5.82 Å². The Morgan fingerprint density at radius 3 is 2.68 bits per heavy atom. The lowest BCUT2D eigenvalue weighted by Crippen LogP contribution is -2.40. The van der Waals surface area contributed by atoms with Crippen molar-refractivity contribution in [2.75, 3.05) is 26.0 Å². The SMILES string of the molecule is CN(C)C(CNC(=O)C(=O)Nc1ccon1)c1cccn1C. The van der Waals surface area contributed by atoms with Crippen molar-refractivity contribution in [1.82, 2.24) is 19.9 Å². The Bertz CT molecular complexity index is 633. The average molecular weight is 305 g/mol. The van der Waals surface area contributed by atoms with Gasteiger partial charge in [0.25, 0.3) is 0 Å². The van der Waals surface area contributed by atoms with Crippen LogP contribution >= 0.6 is 0 Å². The molecule has 0 saturated carbocycles. The lowest BCUT2D eigenvalue weighted by molar-refractivity contribution is -0.136. The molecule has 0 aromatic carbocycles. The van der Waals surface area contributed by atoms with E-state index in [0.29, 0.717) is 6.54 Å². The molecule has 0 spiro atoms. The molecular formula is C14H19N5O3. The third-order valence-corrected chi connectivity index (χ3v) is 3.29. The molecule has 1 unspecified atom stereocenters.